The van der Waals surface area contributed by atoms with Crippen molar-refractivity contribution in [2.24, 2.45) is 0 Å². The molecule has 1 aromatic heterocycles. The van der Waals surface area contributed by atoms with Crippen LogP contribution in [0.25, 0.3) is 11.0 Å². The van der Waals surface area contributed by atoms with E-state index >= 15 is 0 Å². The number of hydrogen-bond donors (Lipinski definition) is 0. The van der Waals surface area contributed by atoms with E-state index in [1.165, 1.54) is 11.3 Å². The van der Waals surface area contributed by atoms with Crippen LogP contribution in [-0.2, 0) is 18.0 Å². The summed E-state index contributed by atoms with van der Waals surface area (Å²) in [5.74, 6) is 0.984. The largest absolute Gasteiger partial charge is 0.378 e. The summed E-state index contributed by atoms with van der Waals surface area (Å²) in [5.41, 5.74) is 7.52. The van der Waals surface area contributed by atoms with Crippen molar-refractivity contribution in [3.63, 3.8) is 0 Å². The van der Waals surface area contributed by atoms with Gasteiger partial charge < -0.3 is 14.2 Å². The summed E-state index contributed by atoms with van der Waals surface area (Å²) >= 11 is 0. The highest BCUT2D eigenvalue weighted by Crippen LogP contribution is 2.28. The molecule has 1 aliphatic heterocycles. The second kappa shape index (κ2) is 7.31. The van der Waals surface area contributed by atoms with E-state index in [1.807, 2.05) is 26.0 Å². The summed E-state index contributed by atoms with van der Waals surface area (Å²) in [6, 6.07) is 10.3. The summed E-state index contributed by atoms with van der Waals surface area (Å²) in [5, 5.41) is 0. The second-order valence-corrected chi connectivity index (χ2v) is 7.31. The van der Waals surface area contributed by atoms with Crippen LogP contribution in [0.2, 0.25) is 0 Å². The predicted molar refractivity (Wildman–Crippen MR) is 107 cm³/mol. The number of benzene rings is 2. The van der Waals surface area contributed by atoms with Crippen LogP contribution in [0.4, 0.5) is 10.1 Å². The molecular formula is C22H26FN3O. The van der Waals surface area contributed by atoms with Crippen LogP contribution in [-0.4, -0.2) is 35.9 Å². The van der Waals surface area contributed by atoms with Gasteiger partial charge in [0.1, 0.15) is 12.5 Å². The first-order chi connectivity index (χ1) is 13.1. The van der Waals surface area contributed by atoms with E-state index in [9.17, 15) is 4.39 Å². The van der Waals surface area contributed by atoms with Gasteiger partial charge in [-0.3, -0.25) is 0 Å². The van der Waals surface area contributed by atoms with Crippen molar-refractivity contribution in [2.45, 2.75) is 34.0 Å². The standard InChI is InChI=1S/C22H26FN3O/c1-15-11-20(25-7-9-27-10-8-25)12-21-22(15)24-17(3)26(21)14-19-6-4-5-18(13-23)16(19)2/h4-6,11-12H,7-10,13-14H2,1-3H3. The fourth-order valence-corrected chi connectivity index (χ4v) is 3.92. The van der Waals surface area contributed by atoms with Crippen molar-refractivity contribution in [1.82, 2.24) is 9.55 Å². The number of aromatic nitrogens is 2. The minimum Gasteiger partial charge on any atom is -0.378 e. The molecule has 4 nitrogen and oxygen atoms in total. The highest BCUT2D eigenvalue weighted by Gasteiger charge is 2.17. The zero-order valence-electron chi connectivity index (χ0n) is 16.3. The average Bonchev–Trinajstić information content (AvgIpc) is 3.00. The first-order valence-electron chi connectivity index (χ1n) is 9.52. The quantitative estimate of drug-likeness (QED) is 0.688. The third kappa shape index (κ3) is 3.32. The Morgan fingerprint density at radius 2 is 1.81 bits per heavy atom. The van der Waals surface area contributed by atoms with Crippen molar-refractivity contribution in [3.05, 3.63) is 58.4 Å². The molecule has 0 N–H and O–H groups in total. The molecule has 1 fully saturated rings. The third-order valence-corrected chi connectivity index (χ3v) is 5.63. The highest BCUT2D eigenvalue weighted by molar-refractivity contribution is 5.84. The molecular weight excluding hydrogens is 341 g/mol. The number of halogens is 1. The number of imidazole rings is 1. The summed E-state index contributed by atoms with van der Waals surface area (Å²) < 4.78 is 21.0. The minimum atomic E-state index is -0.427. The van der Waals surface area contributed by atoms with Crippen molar-refractivity contribution in [3.8, 4) is 0 Å². The van der Waals surface area contributed by atoms with Crippen LogP contribution in [0, 0.1) is 20.8 Å². The molecule has 0 saturated carbocycles. The van der Waals surface area contributed by atoms with Gasteiger partial charge >= 0.3 is 0 Å². The SMILES string of the molecule is Cc1c(CF)cccc1Cn1c(C)nc2c(C)cc(N3CCOCC3)cc21. The fourth-order valence-electron chi connectivity index (χ4n) is 3.92. The Labute approximate surface area is 159 Å². The Kier molecular flexibility index (Phi) is 4.87. The van der Waals surface area contributed by atoms with E-state index < -0.39 is 6.67 Å². The molecule has 0 radical (unpaired) electrons. The van der Waals surface area contributed by atoms with E-state index in [1.54, 1.807) is 0 Å². The Bertz CT molecular complexity index is 973. The van der Waals surface area contributed by atoms with Gasteiger partial charge in [-0.05, 0) is 55.2 Å². The maximum Gasteiger partial charge on any atom is 0.115 e. The average molecular weight is 367 g/mol. The van der Waals surface area contributed by atoms with E-state index in [2.05, 4.69) is 34.6 Å². The molecule has 4 rings (SSSR count). The number of fused-ring (bicyclic) bond motifs is 1. The summed E-state index contributed by atoms with van der Waals surface area (Å²) in [6.07, 6.45) is 0. The van der Waals surface area contributed by atoms with E-state index in [4.69, 9.17) is 9.72 Å². The number of rotatable bonds is 4. The molecule has 1 aliphatic rings. The van der Waals surface area contributed by atoms with Crippen LogP contribution in [0.5, 0.6) is 0 Å². The number of nitrogens with zero attached hydrogens (tertiary/aromatic N) is 3. The van der Waals surface area contributed by atoms with Gasteiger partial charge in [-0.15, -0.1) is 0 Å². The van der Waals surface area contributed by atoms with Crippen LogP contribution in [0.3, 0.4) is 0 Å². The van der Waals surface area contributed by atoms with Gasteiger partial charge in [-0.1, -0.05) is 18.2 Å². The number of hydrogen-bond acceptors (Lipinski definition) is 3. The molecule has 0 amide bonds. The van der Waals surface area contributed by atoms with Gasteiger partial charge in [0.2, 0.25) is 0 Å². The van der Waals surface area contributed by atoms with Crippen LogP contribution >= 0.6 is 0 Å². The maximum absolute atomic E-state index is 13.3. The molecule has 0 atom stereocenters. The van der Waals surface area contributed by atoms with Gasteiger partial charge in [0.25, 0.3) is 0 Å². The lowest BCUT2D eigenvalue weighted by Crippen LogP contribution is -2.36. The van der Waals surface area contributed by atoms with E-state index in [0.717, 1.165) is 59.9 Å². The molecule has 0 unspecified atom stereocenters. The van der Waals surface area contributed by atoms with Gasteiger partial charge in [-0.2, -0.15) is 0 Å². The predicted octanol–water partition coefficient (Wildman–Crippen LogP) is 4.32. The molecule has 5 heteroatoms. The number of alkyl halides is 1. The molecule has 27 heavy (non-hydrogen) atoms. The van der Waals surface area contributed by atoms with Gasteiger partial charge in [0.15, 0.2) is 0 Å². The van der Waals surface area contributed by atoms with Gasteiger partial charge in [0.05, 0.1) is 24.2 Å². The Balaban J connectivity index is 1.78. The van der Waals surface area contributed by atoms with Crippen molar-refractivity contribution >= 4 is 16.7 Å². The molecule has 2 heterocycles. The molecule has 0 aliphatic carbocycles. The molecule has 0 bridgehead atoms. The number of morpholine rings is 1. The Morgan fingerprint density at radius 1 is 1.07 bits per heavy atom. The molecule has 0 spiro atoms. The summed E-state index contributed by atoms with van der Waals surface area (Å²) in [7, 11) is 0. The lowest BCUT2D eigenvalue weighted by atomic mass is 10.0. The molecule has 2 aromatic carbocycles. The second-order valence-electron chi connectivity index (χ2n) is 7.31. The van der Waals surface area contributed by atoms with Crippen LogP contribution in [0.1, 0.15) is 28.1 Å². The molecule has 1 saturated heterocycles. The highest BCUT2D eigenvalue weighted by atomic mass is 19.1. The zero-order valence-corrected chi connectivity index (χ0v) is 16.3. The topological polar surface area (TPSA) is 30.3 Å². The van der Waals surface area contributed by atoms with Gasteiger partial charge in [0, 0.05) is 25.3 Å². The monoisotopic (exact) mass is 367 g/mol. The number of anilines is 1. The third-order valence-electron chi connectivity index (χ3n) is 5.63. The Morgan fingerprint density at radius 3 is 2.56 bits per heavy atom. The van der Waals surface area contributed by atoms with Crippen LogP contribution in [0.15, 0.2) is 30.3 Å². The summed E-state index contributed by atoms with van der Waals surface area (Å²) in [6.45, 7) is 9.81. The Hall–Kier alpha value is -2.40. The zero-order chi connectivity index (χ0) is 19.0. The van der Waals surface area contributed by atoms with Crippen molar-refractivity contribution in [2.75, 3.05) is 31.2 Å². The first-order valence-corrected chi connectivity index (χ1v) is 9.52. The van der Waals surface area contributed by atoms with Crippen LogP contribution < -0.4 is 4.90 Å². The number of aryl methyl sites for hydroxylation is 2. The first kappa shape index (κ1) is 18.0. The normalized spacial score (nSPS) is 14.9. The van der Waals surface area contributed by atoms with Crippen molar-refractivity contribution < 1.29 is 9.13 Å². The van der Waals surface area contributed by atoms with E-state index in [0.29, 0.717) is 6.54 Å². The van der Waals surface area contributed by atoms with Crippen molar-refractivity contribution in [1.29, 1.82) is 0 Å². The summed E-state index contributed by atoms with van der Waals surface area (Å²) in [4.78, 5) is 7.19. The maximum atomic E-state index is 13.3. The lowest BCUT2D eigenvalue weighted by molar-refractivity contribution is 0.122. The molecule has 3 aromatic rings. The van der Waals surface area contributed by atoms with E-state index in [-0.39, 0.29) is 0 Å². The number of ether oxygens (including phenoxy) is 1. The fraction of sp³-hybridized carbons (Fsp3) is 0.409. The smallest absolute Gasteiger partial charge is 0.115 e. The lowest BCUT2D eigenvalue weighted by Gasteiger charge is -2.29. The molecule has 142 valence electrons. The minimum absolute atomic E-state index is 0.427. The van der Waals surface area contributed by atoms with Gasteiger partial charge in [-0.25, -0.2) is 9.37 Å².